The van der Waals surface area contributed by atoms with Gasteiger partial charge in [0.2, 0.25) is 0 Å². The molecule has 0 spiro atoms. The van der Waals surface area contributed by atoms with Crippen LogP contribution in [-0.4, -0.2) is 49.9 Å². The molecule has 0 radical (unpaired) electrons. The van der Waals surface area contributed by atoms with Gasteiger partial charge in [0, 0.05) is 19.0 Å². The molecule has 0 bridgehead atoms. The molecule has 10 nitrogen and oxygen atoms in total. The Hall–Kier alpha value is -2.75. The van der Waals surface area contributed by atoms with Crippen molar-refractivity contribution >= 4 is 23.8 Å². The van der Waals surface area contributed by atoms with Crippen molar-refractivity contribution in [1.29, 1.82) is 0 Å². The molecular formula is C11H12N4O6. The number of ketones is 1. The van der Waals surface area contributed by atoms with E-state index < -0.39 is 42.1 Å². The van der Waals surface area contributed by atoms with Crippen molar-refractivity contribution in [3.63, 3.8) is 0 Å². The Morgan fingerprint density at radius 2 is 2.29 bits per heavy atom. The first-order valence-corrected chi connectivity index (χ1v) is 5.94. The third kappa shape index (κ3) is 3.05. The van der Waals surface area contributed by atoms with Gasteiger partial charge in [-0.25, -0.2) is 9.78 Å². The molecule has 1 fully saturated rings. The summed E-state index contributed by atoms with van der Waals surface area (Å²) in [6.45, 7) is 0. The van der Waals surface area contributed by atoms with E-state index in [1.54, 1.807) is 6.20 Å². The molecule has 2 rings (SSSR count). The standard InChI is InChI=1S/C11H12N4O6/c12-7(1-5-3-13-4-14-5)9(17)6-2-8(16)15(10(6)18)21-11(19)20/h3-4,6-7H,1-2,12H2,(H,13,14)(H,19,20)/t6?,7-/m0/s1. The van der Waals surface area contributed by atoms with Gasteiger partial charge in [0.15, 0.2) is 5.78 Å². The fraction of sp³-hybridized carbons (Fsp3) is 0.364. The highest BCUT2D eigenvalue weighted by Gasteiger charge is 2.46. The van der Waals surface area contributed by atoms with Crippen molar-refractivity contribution in [2.24, 2.45) is 11.7 Å². The highest BCUT2D eigenvalue weighted by molar-refractivity contribution is 6.14. The molecular weight excluding hydrogens is 284 g/mol. The first-order valence-electron chi connectivity index (χ1n) is 5.94. The van der Waals surface area contributed by atoms with Crippen LogP contribution in [0.2, 0.25) is 0 Å². The molecule has 112 valence electrons. The average molecular weight is 296 g/mol. The molecule has 1 aliphatic rings. The van der Waals surface area contributed by atoms with E-state index in [0.717, 1.165) is 0 Å². The van der Waals surface area contributed by atoms with Gasteiger partial charge in [0.05, 0.1) is 18.1 Å². The second-order valence-corrected chi connectivity index (χ2v) is 4.41. The van der Waals surface area contributed by atoms with E-state index in [2.05, 4.69) is 14.8 Å². The lowest BCUT2D eigenvalue weighted by Gasteiger charge is -2.13. The van der Waals surface area contributed by atoms with Crippen molar-refractivity contribution in [3.8, 4) is 0 Å². The first-order chi connectivity index (χ1) is 9.90. The Balaban J connectivity index is 2.04. The summed E-state index contributed by atoms with van der Waals surface area (Å²) in [5, 5.41) is 8.50. The molecule has 10 heteroatoms. The normalized spacial score (nSPS) is 19.7. The minimum atomic E-state index is -1.81. The summed E-state index contributed by atoms with van der Waals surface area (Å²) in [4.78, 5) is 56.4. The highest BCUT2D eigenvalue weighted by Crippen LogP contribution is 2.22. The Morgan fingerprint density at radius 1 is 1.57 bits per heavy atom. The summed E-state index contributed by atoms with van der Waals surface area (Å²) < 4.78 is 0. The Bertz CT molecular complexity index is 584. The second-order valence-electron chi connectivity index (χ2n) is 4.41. The smallest absolute Gasteiger partial charge is 0.448 e. The number of H-pyrrole nitrogens is 1. The van der Waals surface area contributed by atoms with E-state index in [1.807, 2.05) is 0 Å². The Morgan fingerprint density at radius 3 is 2.86 bits per heavy atom. The lowest BCUT2D eigenvalue weighted by molar-refractivity contribution is -0.176. The first kappa shape index (κ1) is 14.7. The van der Waals surface area contributed by atoms with Crippen LogP contribution in [0.15, 0.2) is 12.5 Å². The number of aromatic nitrogens is 2. The molecule has 2 heterocycles. The quantitative estimate of drug-likeness (QED) is 0.453. The molecule has 0 saturated carbocycles. The van der Waals surface area contributed by atoms with Crippen LogP contribution in [0.5, 0.6) is 0 Å². The van der Waals surface area contributed by atoms with Crippen LogP contribution in [0, 0.1) is 5.92 Å². The maximum absolute atomic E-state index is 12.1. The molecule has 1 unspecified atom stereocenters. The summed E-state index contributed by atoms with van der Waals surface area (Å²) in [7, 11) is 0. The molecule has 2 amide bonds. The number of aromatic amines is 1. The van der Waals surface area contributed by atoms with Gasteiger partial charge in [0.25, 0.3) is 11.8 Å². The third-order valence-electron chi connectivity index (χ3n) is 2.97. The van der Waals surface area contributed by atoms with Crippen LogP contribution in [0.4, 0.5) is 4.79 Å². The number of hydroxylamine groups is 2. The van der Waals surface area contributed by atoms with Crippen molar-refractivity contribution in [2.45, 2.75) is 18.9 Å². The number of hydrogen-bond acceptors (Lipinski definition) is 7. The average Bonchev–Trinajstić information content (AvgIpc) is 3.01. The molecule has 0 aliphatic carbocycles. The number of nitrogens with zero attached hydrogens (tertiary/aromatic N) is 2. The van der Waals surface area contributed by atoms with Gasteiger partial charge in [-0.05, 0) is 0 Å². The van der Waals surface area contributed by atoms with Gasteiger partial charge in [-0.3, -0.25) is 19.2 Å². The maximum Gasteiger partial charge on any atom is 0.531 e. The van der Waals surface area contributed by atoms with E-state index in [0.29, 0.717) is 5.69 Å². The van der Waals surface area contributed by atoms with Crippen LogP contribution < -0.4 is 5.73 Å². The van der Waals surface area contributed by atoms with Crippen LogP contribution in [-0.2, 0) is 25.6 Å². The number of amides is 2. The zero-order valence-electron chi connectivity index (χ0n) is 10.7. The molecule has 21 heavy (non-hydrogen) atoms. The second kappa shape index (κ2) is 5.71. The molecule has 4 N–H and O–H groups in total. The number of nitrogens with two attached hydrogens (primary N) is 1. The van der Waals surface area contributed by atoms with Crippen molar-refractivity contribution in [1.82, 2.24) is 15.0 Å². The molecule has 1 saturated heterocycles. The van der Waals surface area contributed by atoms with E-state index in [1.165, 1.54) is 6.33 Å². The van der Waals surface area contributed by atoms with Gasteiger partial charge >= 0.3 is 6.16 Å². The fourth-order valence-electron chi connectivity index (χ4n) is 1.99. The van der Waals surface area contributed by atoms with Crippen molar-refractivity contribution < 1.29 is 29.1 Å². The number of imide groups is 1. The molecule has 1 aromatic rings. The van der Waals surface area contributed by atoms with Gasteiger partial charge in [0.1, 0.15) is 5.92 Å². The zero-order valence-corrected chi connectivity index (χ0v) is 10.7. The van der Waals surface area contributed by atoms with Crippen LogP contribution in [0.25, 0.3) is 0 Å². The fourth-order valence-corrected chi connectivity index (χ4v) is 1.99. The number of nitrogens with one attached hydrogen (secondary N) is 1. The number of rotatable bonds is 5. The summed E-state index contributed by atoms with van der Waals surface area (Å²) in [5.41, 5.74) is 6.23. The summed E-state index contributed by atoms with van der Waals surface area (Å²) in [6, 6.07) is -1.03. The summed E-state index contributed by atoms with van der Waals surface area (Å²) >= 11 is 0. The molecule has 1 aliphatic heterocycles. The highest BCUT2D eigenvalue weighted by atomic mass is 16.8. The predicted molar refractivity (Wildman–Crippen MR) is 64.3 cm³/mol. The topological polar surface area (TPSA) is 156 Å². The molecule has 2 atom stereocenters. The van der Waals surface area contributed by atoms with Gasteiger partial charge in [-0.1, -0.05) is 5.06 Å². The zero-order chi connectivity index (χ0) is 15.6. The minimum absolute atomic E-state index is 0.0756. The lowest BCUT2D eigenvalue weighted by Crippen LogP contribution is -2.41. The number of carboxylic acid groups (broad SMARTS) is 1. The van der Waals surface area contributed by atoms with Crippen LogP contribution in [0.3, 0.4) is 0 Å². The third-order valence-corrected chi connectivity index (χ3v) is 2.97. The minimum Gasteiger partial charge on any atom is -0.448 e. The van der Waals surface area contributed by atoms with Gasteiger partial charge < -0.3 is 15.8 Å². The summed E-state index contributed by atoms with van der Waals surface area (Å²) in [6.07, 6.45) is 0.790. The number of Topliss-reactive ketones (excluding diaryl/α,β-unsaturated/α-hetero) is 1. The number of carbonyl (C=O) groups excluding carboxylic acids is 3. The predicted octanol–water partition coefficient (Wildman–Crippen LogP) is -1.17. The van der Waals surface area contributed by atoms with Gasteiger partial charge in [-0.15, -0.1) is 0 Å². The number of hydrogen-bond donors (Lipinski definition) is 3. The Kier molecular flexibility index (Phi) is 3.98. The lowest BCUT2D eigenvalue weighted by atomic mass is 9.94. The molecule has 0 aromatic carbocycles. The maximum atomic E-state index is 12.1. The SMILES string of the molecule is N[C@@H](Cc1c[nH]cn1)C(=O)C1CC(=O)N(OC(=O)O)C1=O. The monoisotopic (exact) mass is 296 g/mol. The largest absolute Gasteiger partial charge is 0.531 e. The molecule has 1 aromatic heterocycles. The van der Waals surface area contributed by atoms with Crippen molar-refractivity contribution in [3.05, 3.63) is 18.2 Å². The Labute approximate surface area is 117 Å². The van der Waals surface area contributed by atoms with E-state index in [-0.39, 0.29) is 11.5 Å². The van der Waals surface area contributed by atoms with Crippen LogP contribution in [0.1, 0.15) is 12.1 Å². The van der Waals surface area contributed by atoms with E-state index >= 15 is 0 Å². The van der Waals surface area contributed by atoms with Gasteiger partial charge in [-0.2, -0.15) is 0 Å². The van der Waals surface area contributed by atoms with Crippen LogP contribution >= 0.6 is 0 Å². The number of imidazole rings is 1. The van der Waals surface area contributed by atoms with E-state index in [4.69, 9.17) is 10.8 Å². The number of carbonyl (C=O) groups is 4. The van der Waals surface area contributed by atoms with E-state index in [9.17, 15) is 19.2 Å². The van der Waals surface area contributed by atoms with Crippen molar-refractivity contribution in [2.75, 3.05) is 0 Å². The summed E-state index contributed by atoms with van der Waals surface area (Å²) in [5.74, 6) is -3.91.